The first-order valence-electron chi connectivity index (χ1n) is 11.7. The predicted octanol–water partition coefficient (Wildman–Crippen LogP) is 3.62. The number of aromatic nitrogens is 2. The van der Waals surface area contributed by atoms with Crippen molar-refractivity contribution in [1.82, 2.24) is 14.9 Å². The molecule has 36 heavy (non-hydrogen) atoms. The zero-order chi connectivity index (χ0) is 25.7. The average molecular weight is 495 g/mol. The third kappa shape index (κ3) is 3.80. The lowest BCUT2D eigenvalue weighted by atomic mass is 9.97. The van der Waals surface area contributed by atoms with Crippen molar-refractivity contribution in [3.05, 3.63) is 35.9 Å². The molecule has 1 fully saturated rings. The molecular formula is C25H27FN6O4. The van der Waals surface area contributed by atoms with E-state index in [-0.39, 0.29) is 42.0 Å². The van der Waals surface area contributed by atoms with E-state index < -0.39 is 18.0 Å². The number of rotatable bonds is 4. The third-order valence-corrected chi connectivity index (χ3v) is 6.80. The van der Waals surface area contributed by atoms with E-state index in [1.165, 1.54) is 6.20 Å². The first-order chi connectivity index (χ1) is 17.2. The molecule has 1 aromatic carbocycles. The van der Waals surface area contributed by atoms with Crippen LogP contribution in [-0.4, -0.2) is 63.8 Å². The van der Waals surface area contributed by atoms with E-state index in [1.54, 1.807) is 23.2 Å². The number of nitrogen functional groups attached to an aromatic ring is 1. The van der Waals surface area contributed by atoms with Crippen LogP contribution in [0.15, 0.2) is 24.5 Å². The number of nitrogens with two attached hydrogens (primary N) is 1. The van der Waals surface area contributed by atoms with Gasteiger partial charge in [-0.05, 0) is 43.9 Å². The summed E-state index contributed by atoms with van der Waals surface area (Å²) in [6.07, 6.45) is 1.76. The molecule has 5 rings (SSSR count). The number of pyridine rings is 2. The van der Waals surface area contributed by atoms with Crippen molar-refractivity contribution in [2.24, 2.45) is 0 Å². The number of likely N-dealkylation sites (tertiary alicyclic amines) is 1. The van der Waals surface area contributed by atoms with Gasteiger partial charge in [-0.3, -0.25) is 9.69 Å². The molecule has 4 heterocycles. The molecule has 2 aliphatic rings. The van der Waals surface area contributed by atoms with Gasteiger partial charge in [0, 0.05) is 54.5 Å². The number of anilines is 3. The van der Waals surface area contributed by atoms with Crippen molar-refractivity contribution < 1.29 is 23.8 Å². The summed E-state index contributed by atoms with van der Waals surface area (Å²) in [7, 11) is 0. The lowest BCUT2D eigenvalue weighted by Gasteiger charge is -2.26. The van der Waals surface area contributed by atoms with Gasteiger partial charge in [0.15, 0.2) is 5.82 Å². The van der Waals surface area contributed by atoms with Gasteiger partial charge in [0.2, 0.25) is 11.8 Å². The van der Waals surface area contributed by atoms with Crippen LogP contribution in [0.4, 0.5) is 26.4 Å². The quantitative estimate of drug-likeness (QED) is 0.468. The van der Waals surface area contributed by atoms with Crippen molar-refractivity contribution in [3.63, 3.8) is 0 Å². The van der Waals surface area contributed by atoms with Crippen molar-refractivity contribution in [3.8, 4) is 17.0 Å². The van der Waals surface area contributed by atoms with Crippen LogP contribution in [0, 0.1) is 12.7 Å². The zero-order valence-electron chi connectivity index (χ0n) is 20.2. The predicted molar refractivity (Wildman–Crippen MR) is 134 cm³/mol. The normalized spacial score (nSPS) is 17.2. The molecule has 0 radical (unpaired) electrons. The number of carboxylic acid groups (broad SMARTS) is 1. The van der Waals surface area contributed by atoms with Crippen LogP contribution in [-0.2, 0) is 4.79 Å². The summed E-state index contributed by atoms with van der Waals surface area (Å²) in [4.78, 5) is 36.0. The maximum absolute atomic E-state index is 15.4. The molecular weight excluding hydrogens is 467 g/mol. The maximum Gasteiger partial charge on any atom is 0.413 e. The van der Waals surface area contributed by atoms with Crippen molar-refractivity contribution in [2.75, 3.05) is 35.6 Å². The topological polar surface area (TPSA) is 134 Å². The number of benzene rings is 1. The molecule has 1 atom stereocenters. The fourth-order valence-electron chi connectivity index (χ4n) is 4.93. The Labute approximate surface area is 206 Å². The number of ether oxygens (including phenoxy) is 1. The highest BCUT2D eigenvalue weighted by Gasteiger charge is 2.38. The summed E-state index contributed by atoms with van der Waals surface area (Å²) in [6, 6.07) is 2.56. The van der Waals surface area contributed by atoms with Gasteiger partial charge in [-0.2, -0.15) is 0 Å². The van der Waals surface area contributed by atoms with Crippen LogP contribution in [0.25, 0.3) is 21.9 Å². The smallest absolute Gasteiger partial charge is 0.413 e. The van der Waals surface area contributed by atoms with Gasteiger partial charge in [0.25, 0.3) is 0 Å². The molecule has 1 saturated heterocycles. The number of hydrogen-bond donors (Lipinski definition) is 3. The molecule has 3 aromatic rings. The standard InChI is InChI=1S/C25H27FN6O4/c1-12(2)31-11-15(8-20(31)33)32(25(34)35)19-7-14-6-16(21(26)22(27)18(14)10-29-19)17-9-30-24-23(13(17)3)28-4-5-36-24/h6-7,9-10,12,15,28H,4-5,8,11,27H2,1-3H3,(H,34,35). The SMILES string of the molecule is Cc1c(-c2cc3cc(N(C(=O)O)C4CC(=O)N(C(C)C)C4)ncc3c(N)c2F)cnc2c1NCCO2. The van der Waals surface area contributed by atoms with Crippen molar-refractivity contribution in [2.45, 2.75) is 39.3 Å². The largest absolute Gasteiger partial charge is 0.474 e. The number of carbonyl (C=O) groups excluding carboxylic acids is 1. The molecule has 2 aliphatic heterocycles. The highest BCUT2D eigenvalue weighted by Crippen LogP contribution is 2.40. The molecule has 0 aliphatic carbocycles. The van der Waals surface area contributed by atoms with E-state index in [2.05, 4.69) is 15.3 Å². The monoisotopic (exact) mass is 494 g/mol. The van der Waals surface area contributed by atoms with Crippen molar-refractivity contribution >= 4 is 40.0 Å². The van der Waals surface area contributed by atoms with E-state index in [9.17, 15) is 14.7 Å². The minimum absolute atomic E-state index is 0.0404. The number of fused-ring (bicyclic) bond motifs is 2. The first-order valence-corrected chi connectivity index (χ1v) is 11.7. The van der Waals surface area contributed by atoms with E-state index >= 15 is 4.39 Å². The summed E-state index contributed by atoms with van der Waals surface area (Å²) in [6.45, 7) is 7.00. The number of amides is 2. The molecule has 2 amide bonds. The highest BCUT2D eigenvalue weighted by molar-refractivity contribution is 6.00. The second-order valence-electron chi connectivity index (χ2n) is 9.32. The Balaban J connectivity index is 1.60. The van der Waals surface area contributed by atoms with E-state index in [0.717, 1.165) is 10.5 Å². The lowest BCUT2D eigenvalue weighted by molar-refractivity contribution is -0.129. The minimum Gasteiger partial charge on any atom is -0.474 e. The van der Waals surface area contributed by atoms with E-state index in [4.69, 9.17) is 10.5 Å². The molecule has 10 nitrogen and oxygen atoms in total. The minimum atomic E-state index is -1.22. The Hall–Kier alpha value is -4.15. The number of hydrogen-bond acceptors (Lipinski definition) is 7. The van der Waals surface area contributed by atoms with E-state index in [1.807, 2.05) is 20.8 Å². The van der Waals surface area contributed by atoms with Crippen LogP contribution in [0.1, 0.15) is 25.8 Å². The average Bonchev–Trinajstić information content (AvgIpc) is 3.23. The number of halogens is 1. The molecule has 0 bridgehead atoms. The fourth-order valence-corrected chi connectivity index (χ4v) is 4.93. The Morgan fingerprint density at radius 2 is 2.08 bits per heavy atom. The Bertz CT molecular complexity index is 1390. The molecule has 0 saturated carbocycles. The van der Waals surface area contributed by atoms with Crippen LogP contribution < -0.4 is 20.7 Å². The van der Waals surface area contributed by atoms with Gasteiger partial charge in [-0.25, -0.2) is 19.2 Å². The van der Waals surface area contributed by atoms with Crippen LogP contribution in [0.2, 0.25) is 0 Å². The van der Waals surface area contributed by atoms with Gasteiger partial charge >= 0.3 is 6.09 Å². The summed E-state index contributed by atoms with van der Waals surface area (Å²) < 4.78 is 21.0. The van der Waals surface area contributed by atoms with Gasteiger partial charge in [0.05, 0.1) is 11.7 Å². The third-order valence-electron chi connectivity index (χ3n) is 6.80. The van der Waals surface area contributed by atoms with Crippen LogP contribution in [0.3, 0.4) is 0 Å². The fraction of sp³-hybridized carbons (Fsp3) is 0.360. The Morgan fingerprint density at radius 3 is 2.78 bits per heavy atom. The van der Waals surface area contributed by atoms with E-state index in [0.29, 0.717) is 41.1 Å². The Kier molecular flexibility index (Phi) is 5.77. The molecule has 4 N–H and O–H groups in total. The lowest BCUT2D eigenvalue weighted by Crippen LogP contribution is -2.42. The summed E-state index contributed by atoms with van der Waals surface area (Å²) in [5, 5.41) is 14.1. The summed E-state index contributed by atoms with van der Waals surface area (Å²) in [5.74, 6) is -0.112. The molecule has 188 valence electrons. The Morgan fingerprint density at radius 1 is 1.31 bits per heavy atom. The molecule has 1 unspecified atom stereocenters. The van der Waals surface area contributed by atoms with Crippen molar-refractivity contribution in [1.29, 1.82) is 0 Å². The maximum atomic E-state index is 15.4. The molecule has 0 spiro atoms. The number of nitrogens with one attached hydrogen (secondary N) is 1. The second-order valence-corrected chi connectivity index (χ2v) is 9.32. The van der Waals surface area contributed by atoms with Crippen LogP contribution in [0.5, 0.6) is 5.88 Å². The number of carbonyl (C=O) groups is 2. The highest BCUT2D eigenvalue weighted by atomic mass is 19.1. The second kappa shape index (κ2) is 8.81. The van der Waals surface area contributed by atoms with Crippen LogP contribution >= 0.6 is 0 Å². The summed E-state index contributed by atoms with van der Waals surface area (Å²) >= 11 is 0. The number of nitrogens with zero attached hydrogens (tertiary/aromatic N) is 4. The van der Waals surface area contributed by atoms with Gasteiger partial charge < -0.3 is 25.8 Å². The zero-order valence-corrected chi connectivity index (χ0v) is 20.2. The molecule has 11 heteroatoms. The first kappa shape index (κ1) is 23.6. The summed E-state index contributed by atoms with van der Waals surface area (Å²) in [5.41, 5.74) is 8.31. The van der Waals surface area contributed by atoms with Gasteiger partial charge in [-0.15, -0.1) is 0 Å². The van der Waals surface area contributed by atoms with Gasteiger partial charge in [-0.1, -0.05) is 0 Å². The van der Waals surface area contributed by atoms with Gasteiger partial charge in [0.1, 0.15) is 18.1 Å². The molecule has 2 aromatic heterocycles.